The fraction of sp³-hybridized carbons (Fsp3) is 0.846. The quantitative estimate of drug-likeness (QED) is 0.617. The summed E-state index contributed by atoms with van der Waals surface area (Å²) in [4.78, 5) is 22.8. The van der Waals surface area contributed by atoms with Crippen LogP contribution in [-0.4, -0.2) is 24.5 Å². The van der Waals surface area contributed by atoms with Gasteiger partial charge in [-0.05, 0) is 18.3 Å². The summed E-state index contributed by atoms with van der Waals surface area (Å²) in [6.45, 7) is 8.87. The van der Waals surface area contributed by atoms with Crippen LogP contribution in [0.5, 0.6) is 0 Å². The molecule has 18 heavy (non-hydrogen) atoms. The van der Waals surface area contributed by atoms with Crippen molar-refractivity contribution < 1.29 is 9.59 Å². The van der Waals surface area contributed by atoms with E-state index in [0.29, 0.717) is 24.8 Å². The van der Waals surface area contributed by atoms with Crippen molar-refractivity contribution >= 4 is 11.9 Å². The minimum atomic E-state index is -0.654. The molecule has 1 unspecified atom stereocenters. The third kappa shape index (κ3) is 7.14. The molecular formula is C13H27N3O2. The minimum Gasteiger partial charge on any atom is -0.354 e. The molecule has 0 bridgehead atoms. The Hall–Kier alpha value is -1.26. The first-order chi connectivity index (χ1) is 8.40. The summed E-state index contributed by atoms with van der Waals surface area (Å²) in [7, 11) is 0. The Kier molecular flexibility index (Phi) is 8.16. The van der Waals surface area contributed by atoms with Gasteiger partial charge in [-0.2, -0.15) is 0 Å². The summed E-state index contributed by atoms with van der Waals surface area (Å²) in [6.07, 6.45) is 2.67. The molecule has 0 aromatic heterocycles. The molecule has 0 aliphatic carbocycles. The van der Waals surface area contributed by atoms with Crippen molar-refractivity contribution in [3.8, 4) is 0 Å². The highest BCUT2D eigenvalue weighted by atomic mass is 16.2. The number of primary amides is 1. The second-order valence-corrected chi connectivity index (χ2v) is 5.12. The summed E-state index contributed by atoms with van der Waals surface area (Å²) in [6, 6.07) is -1.19. The van der Waals surface area contributed by atoms with Crippen molar-refractivity contribution in [2.75, 3.05) is 6.54 Å². The van der Waals surface area contributed by atoms with Crippen LogP contribution >= 0.6 is 0 Å². The van der Waals surface area contributed by atoms with Gasteiger partial charge < -0.3 is 16.4 Å². The third-order valence-electron chi connectivity index (χ3n) is 3.06. The van der Waals surface area contributed by atoms with E-state index in [2.05, 4.69) is 24.5 Å². The largest absolute Gasteiger partial charge is 0.354 e. The molecule has 0 radical (unpaired) electrons. The molecule has 0 heterocycles. The molecule has 0 spiro atoms. The summed E-state index contributed by atoms with van der Waals surface area (Å²) < 4.78 is 0. The number of urea groups is 1. The molecule has 3 amide bonds. The van der Waals surface area contributed by atoms with E-state index >= 15 is 0 Å². The second-order valence-electron chi connectivity index (χ2n) is 5.12. The van der Waals surface area contributed by atoms with Crippen LogP contribution in [0.15, 0.2) is 0 Å². The average molecular weight is 257 g/mol. The Morgan fingerprint density at radius 2 is 1.72 bits per heavy atom. The molecule has 0 aliphatic rings. The fourth-order valence-corrected chi connectivity index (χ4v) is 1.82. The number of nitrogens with one attached hydrogen (secondary N) is 2. The molecule has 0 saturated carbocycles. The second kappa shape index (κ2) is 8.78. The number of hydrogen-bond donors (Lipinski definition) is 3. The monoisotopic (exact) mass is 257 g/mol. The molecule has 5 heteroatoms. The van der Waals surface area contributed by atoms with Crippen LogP contribution in [0, 0.1) is 11.8 Å². The van der Waals surface area contributed by atoms with Crippen LogP contribution in [0.2, 0.25) is 0 Å². The maximum Gasteiger partial charge on any atom is 0.312 e. The van der Waals surface area contributed by atoms with Gasteiger partial charge in [-0.25, -0.2) is 4.79 Å². The van der Waals surface area contributed by atoms with Crippen molar-refractivity contribution in [1.29, 1.82) is 0 Å². The number of carbonyl (C=O) groups excluding carboxylic acids is 2. The van der Waals surface area contributed by atoms with Crippen LogP contribution in [-0.2, 0) is 4.79 Å². The molecule has 1 atom stereocenters. The van der Waals surface area contributed by atoms with Crippen molar-refractivity contribution in [2.45, 2.75) is 53.0 Å². The Morgan fingerprint density at radius 3 is 2.11 bits per heavy atom. The van der Waals surface area contributed by atoms with Gasteiger partial charge in [0.2, 0.25) is 5.91 Å². The molecule has 0 aromatic carbocycles. The Balaban J connectivity index is 4.32. The lowest BCUT2D eigenvalue weighted by Gasteiger charge is -2.21. The lowest BCUT2D eigenvalue weighted by molar-refractivity contribution is -0.123. The van der Waals surface area contributed by atoms with Crippen LogP contribution in [0.25, 0.3) is 0 Å². The topological polar surface area (TPSA) is 84.2 Å². The molecule has 106 valence electrons. The van der Waals surface area contributed by atoms with Gasteiger partial charge in [0, 0.05) is 6.54 Å². The summed E-state index contributed by atoms with van der Waals surface area (Å²) >= 11 is 0. The number of hydrogen-bond acceptors (Lipinski definition) is 2. The molecule has 0 aromatic rings. The van der Waals surface area contributed by atoms with Crippen LogP contribution in [0.3, 0.4) is 0 Å². The number of carbonyl (C=O) groups is 2. The zero-order valence-electron chi connectivity index (χ0n) is 12.0. The first-order valence-corrected chi connectivity index (χ1v) is 6.74. The normalized spacial score (nSPS) is 12.6. The van der Waals surface area contributed by atoms with Crippen molar-refractivity contribution in [3.63, 3.8) is 0 Å². The molecule has 0 rings (SSSR count). The standard InChI is InChI=1S/C13H27N3O2/c1-5-10(6-2)8-15-12(17)11(7-9(3)4)16-13(14)18/h9-11H,5-8H2,1-4H3,(H,15,17)(H3,14,16,18). The molecule has 4 N–H and O–H groups in total. The first-order valence-electron chi connectivity index (χ1n) is 6.74. The van der Waals surface area contributed by atoms with Gasteiger partial charge in [-0.15, -0.1) is 0 Å². The predicted octanol–water partition coefficient (Wildman–Crippen LogP) is 1.62. The summed E-state index contributed by atoms with van der Waals surface area (Å²) in [5.74, 6) is 0.664. The molecule has 0 aliphatic heterocycles. The Morgan fingerprint density at radius 1 is 1.17 bits per heavy atom. The maximum absolute atomic E-state index is 12.0. The van der Waals surface area contributed by atoms with Gasteiger partial charge in [0.15, 0.2) is 0 Å². The zero-order chi connectivity index (χ0) is 14.1. The lowest BCUT2D eigenvalue weighted by atomic mass is 10.0. The van der Waals surface area contributed by atoms with E-state index in [1.54, 1.807) is 0 Å². The predicted molar refractivity (Wildman–Crippen MR) is 73.0 cm³/mol. The molecule has 5 nitrogen and oxygen atoms in total. The van der Waals surface area contributed by atoms with E-state index < -0.39 is 12.1 Å². The van der Waals surface area contributed by atoms with Gasteiger partial charge in [-0.1, -0.05) is 40.5 Å². The van der Waals surface area contributed by atoms with E-state index in [4.69, 9.17) is 5.73 Å². The maximum atomic E-state index is 12.0. The van der Waals surface area contributed by atoms with Crippen LogP contribution in [0.4, 0.5) is 4.79 Å². The highest BCUT2D eigenvalue weighted by Crippen LogP contribution is 2.07. The molecule has 0 fully saturated rings. The number of amides is 3. The average Bonchev–Trinajstić information content (AvgIpc) is 2.28. The van der Waals surface area contributed by atoms with Gasteiger partial charge in [0.1, 0.15) is 6.04 Å². The van der Waals surface area contributed by atoms with Gasteiger partial charge >= 0.3 is 6.03 Å². The number of nitrogens with two attached hydrogens (primary N) is 1. The smallest absolute Gasteiger partial charge is 0.312 e. The summed E-state index contributed by atoms with van der Waals surface area (Å²) in [5, 5.41) is 5.38. The van der Waals surface area contributed by atoms with Crippen molar-refractivity contribution in [3.05, 3.63) is 0 Å². The third-order valence-corrected chi connectivity index (χ3v) is 3.06. The minimum absolute atomic E-state index is 0.144. The van der Waals surface area contributed by atoms with Gasteiger partial charge in [-0.3, -0.25) is 4.79 Å². The highest BCUT2D eigenvalue weighted by Gasteiger charge is 2.21. The first kappa shape index (κ1) is 16.7. The summed E-state index contributed by atoms with van der Waals surface area (Å²) in [5.41, 5.74) is 5.09. The van der Waals surface area contributed by atoms with Crippen molar-refractivity contribution in [1.82, 2.24) is 10.6 Å². The Bertz CT molecular complexity index is 263. The van der Waals surface area contributed by atoms with E-state index in [0.717, 1.165) is 12.8 Å². The van der Waals surface area contributed by atoms with E-state index in [9.17, 15) is 9.59 Å². The number of rotatable bonds is 8. The Labute approximate surface area is 110 Å². The van der Waals surface area contributed by atoms with E-state index in [-0.39, 0.29) is 5.91 Å². The SMILES string of the molecule is CCC(CC)CNC(=O)C(CC(C)C)NC(N)=O. The van der Waals surface area contributed by atoms with Crippen molar-refractivity contribution in [2.24, 2.45) is 17.6 Å². The van der Waals surface area contributed by atoms with Gasteiger partial charge in [0.05, 0.1) is 0 Å². The molecular weight excluding hydrogens is 230 g/mol. The van der Waals surface area contributed by atoms with Crippen LogP contribution < -0.4 is 16.4 Å². The highest BCUT2D eigenvalue weighted by molar-refractivity contribution is 5.86. The van der Waals surface area contributed by atoms with E-state index in [1.807, 2.05) is 13.8 Å². The van der Waals surface area contributed by atoms with Gasteiger partial charge in [0.25, 0.3) is 0 Å². The zero-order valence-corrected chi connectivity index (χ0v) is 12.0. The van der Waals surface area contributed by atoms with E-state index in [1.165, 1.54) is 0 Å². The fourth-order valence-electron chi connectivity index (χ4n) is 1.82. The van der Waals surface area contributed by atoms with Crippen LogP contribution in [0.1, 0.15) is 47.0 Å². The molecule has 0 saturated heterocycles. The lowest BCUT2D eigenvalue weighted by Crippen LogP contribution is -2.49.